The maximum absolute atomic E-state index is 12.7. The van der Waals surface area contributed by atoms with E-state index in [2.05, 4.69) is 27.8 Å². The molecule has 0 fully saturated rings. The van der Waals surface area contributed by atoms with E-state index in [1.807, 2.05) is 48.5 Å². The van der Waals surface area contributed by atoms with Gasteiger partial charge in [0, 0.05) is 13.5 Å². The van der Waals surface area contributed by atoms with Gasteiger partial charge in [0.25, 0.3) is 5.91 Å². The van der Waals surface area contributed by atoms with Crippen molar-refractivity contribution in [2.24, 2.45) is 0 Å². The first-order chi connectivity index (χ1) is 13.1. The number of amides is 2. The number of carbonyl (C=O) groups is 2. The molecule has 0 atom stereocenters. The third kappa shape index (κ3) is 5.49. The van der Waals surface area contributed by atoms with Crippen LogP contribution in [0.1, 0.15) is 33.4 Å². The van der Waals surface area contributed by atoms with E-state index < -0.39 is 0 Å². The molecule has 2 amide bonds. The monoisotopic (exact) mass is 379 g/mol. The number of aryl methyl sites for hydroxylation is 2. The molecule has 1 heterocycles. The highest BCUT2D eigenvalue weighted by atomic mass is 32.1. The standard InChI is InChI=1S/C21H21N3O2S/c1-15(25)23-21-24-18(13-12-16-8-4-2-5-9-16)19(27-21)20(26)22-14-17-10-6-3-7-11-17/h2-11H,12-14H2,1H3,(H,22,26)(H,23,24,25). The van der Waals surface area contributed by atoms with Gasteiger partial charge in [-0.2, -0.15) is 0 Å². The van der Waals surface area contributed by atoms with E-state index >= 15 is 0 Å². The van der Waals surface area contributed by atoms with E-state index in [4.69, 9.17) is 0 Å². The molecule has 0 aliphatic rings. The van der Waals surface area contributed by atoms with Crippen LogP contribution in [0, 0.1) is 0 Å². The molecule has 0 unspecified atom stereocenters. The Morgan fingerprint density at radius 1 is 0.926 bits per heavy atom. The van der Waals surface area contributed by atoms with Gasteiger partial charge in [-0.05, 0) is 24.0 Å². The quantitative estimate of drug-likeness (QED) is 0.656. The Labute approximate surface area is 162 Å². The van der Waals surface area contributed by atoms with Gasteiger partial charge in [-0.25, -0.2) is 4.98 Å². The summed E-state index contributed by atoms with van der Waals surface area (Å²) in [5.74, 6) is -0.370. The summed E-state index contributed by atoms with van der Waals surface area (Å²) in [6, 6.07) is 19.8. The van der Waals surface area contributed by atoms with Crippen LogP contribution in [0.15, 0.2) is 60.7 Å². The number of hydrogen-bond acceptors (Lipinski definition) is 4. The molecule has 3 rings (SSSR count). The summed E-state index contributed by atoms with van der Waals surface area (Å²) in [7, 11) is 0. The summed E-state index contributed by atoms with van der Waals surface area (Å²) in [6.07, 6.45) is 1.41. The number of aromatic nitrogens is 1. The van der Waals surface area contributed by atoms with E-state index in [0.717, 1.165) is 12.0 Å². The first-order valence-electron chi connectivity index (χ1n) is 8.75. The number of anilines is 1. The van der Waals surface area contributed by atoms with Crippen molar-refractivity contribution in [1.29, 1.82) is 0 Å². The second kappa shape index (κ2) is 9.09. The van der Waals surface area contributed by atoms with Crippen molar-refractivity contribution in [2.75, 3.05) is 5.32 Å². The van der Waals surface area contributed by atoms with E-state index in [0.29, 0.717) is 28.7 Å². The Hall–Kier alpha value is -2.99. The Morgan fingerprint density at radius 3 is 2.19 bits per heavy atom. The van der Waals surface area contributed by atoms with Gasteiger partial charge in [0.1, 0.15) is 4.88 Å². The topological polar surface area (TPSA) is 71.1 Å². The molecule has 5 nitrogen and oxygen atoms in total. The maximum atomic E-state index is 12.7. The average Bonchev–Trinajstić information content (AvgIpc) is 3.08. The first-order valence-corrected chi connectivity index (χ1v) is 9.57. The third-order valence-electron chi connectivity index (χ3n) is 3.98. The van der Waals surface area contributed by atoms with Crippen LogP contribution < -0.4 is 10.6 Å². The first kappa shape index (κ1) is 18.8. The smallest absolute Gasteiger partial charge is 0.263 e. The normalized spacial score (nSPS) is 10.4. The average molecular weight is 379 g/mol. The number of thiazole rings is 1. The van der Waals surface area contributed by atoms with Crippen molar-refractivity contribution in [3.63, 3.8) is 0 Å². The van der Waals surface area contributed by atoms with E-state index in [1.54, 1.807) is 0 Å². The predicted molar refractivity (Wildman–Crippen MR) is 108 cm³/mol. The van der Waals surface area contributed by atoms with Crippen molar-refractivity contribution >= 4 is 28.3 Å². The summed E-state index contributed by atoms with van der Waals surface area (Å²) in [5, 5.41) is 6.07. The van der Waals surface area contributed by atoms with Gasteiger partial charge in [-0.1, -0.05) is 72.0 Å². The molecule has 3 aromatic rings. The van der Waals surface area contributed by atoms with Gasteiger partial charge in [-0.15, -0.1) is 0 Å². The molecule has 0 spiro atoms. The second-order valence-electron chi connectivity index (χ2n) is 6.13. The van der Waals surface area contributed by atoms with Crippen LogP contribution in [0.25, 0.3) is 0 Å². The zero-order valence-electron chi connectivity index (χ0n) is 15.1. The summed E-state index contributed by atoms with van der Waals surface area (Å²) in [4.78, 5) is 29.1. The second-order valence-corrected chi connectivity index (χ2v) is 7.13. The fraction of sp³-hybridized carbons (Fsp3) is 0.190. The van der Waals surface area contributed by atoms with Gasteiger partial charge in [0.2, 0.25) is 5.91 Å². The van der Waals surface area contributed by atoms with Crippen LogP contribution in [0.4, 0.5) is 5.13 Å². The van der Waals surface area contributed by atoms with Gasteiger partial charge in [-0.3, -0.25) is 9.59 Å². The van der Waals surface area contributed by atoms with Crippen molar-refractivity contribution in [2.45, 2.75) is 26.3 Å². The molecule has 0 saturated heterocycles. The molecular weight excluding hydrogens is 358 g/mol. The molecule has 0 aliphatic carbocycles. The predicted octanol–water partition coefficient (Wildman–Crippen LogP) is 3.82. The lowest BCUT2D eigenvalue weighted by Crippen LogP contribution is -2.23. The minimum atomic E-state index is -0.199. The molecule has 0 bridgehead atoms. The summed E-state index contributed by atoms with van der Waals surface area (Å²) in [5.41, 5.74) is 2.92. The highest BCUT2D eigenvalue weighted by Crippen LogP contribution is 2.24. The van der Waals surface area contributed by atoms with Gasteiger partial charge in [0.15, 0.2) is 5.13 Å². The van der Waals surface area contributed by atoms with Crippen molar-refractivity contribution in [3.05, 3.63) is 82.4 Å². The van der Waals surface area contributed by atoms with Crippen LogP contribution in [0.3, 0.4) is 0 Å². The van der Waals surface area contributed by atoms with Crippen molar-refractivity contribution < 1.29 is 9.59 Å². The SMILES string of the molecule is CC(=O)Nc1nc(CCc2ccccc2)c(C(=O)NCc2ccccc2)s1. The summed E-state index contributed by atoms with van der Waals surface area (Å²) in [6.45, 7) is 1.88. The maximum Gasteiger partial charge on any atom is 0.263 e. The molecule has 0 radical (unpaired) electrons. The van der Waals surface area contributed by atoms with Crippen LogP contribution in [0.5, 0.6) is 0 Å². The molecule has 2 N–H and O–H groups in total. The zero-order chi connectivity index (χ0) is 19.1. The number of hydrogen-bond donors (Lipinski definition) is 2. The lowest BCUT2D eigenvalue weighted by atomic mass is 10.1. The fourth-order valence-corrected chi connectivity index (χ4v) is 3.64. The van der Waals surface area contributed by atoms with E-state index in [9.17, 15) is 9.59 Å². The Kier molecular flexibility index (Phi) is 6.33. The number of nitrogens with zero attached hydrogens (tertiary/aromatic N) is 1. The Balaban J connectivity index is 1.73. The fourth-order valence-electron chi connectivity index (χ4n) is 2.67. The Bertz CT molecular complexity index is 908. The summed E-state index contributed by atoms with van der Waals surface area (Å²) >= 11 is 1.21. The molecule has 2 aromatic carbocycles. The zero-order valence-corrected chi connectivity index (χ0v) is 15.9. The van der Waals surface area contributed by atoms with Crippen LogP contribution in [-0.2, 0) is 24.2 Å². The number of rotatable bonds is 7. The Morgan fingerprint density at radius 2 is 1.56 bits per heavy atom. The van der Waals surface area contributed by atoms with Gasteiger partial charge >= 0.3 is 0 Å². The largest absolute Gasteiger partial charge is 0.347 e. The van der Waals surface area contributed by atoms with Gasteiger partial charge in [0.05, 0.1) is 5.69 Å². The molecule has 6 heteroatoms. The molecule has 1 aromatic heterocycles. The third-order valence-corrected chi connectivity index (χ3v) is 4.99. The lowest BCUT2D eigenvalue weighted by Gasteiger charge is -2.05. The van der Waals surface area contributed by atoms with Crippen LogP contribution in [-0.4, -0.2) is 16.8 Å². The van der Waals surface area contributed by atoms with Crippen LogP contribution >= 0.6 is 11.3 Å². The molecule has 0 saturated carbocycles. The van der Waals surface area contributed by atoms with Crippen molar-refractivity contribution in [1.82, 2.24) is 10.3 Å². The molecular formula is C21H21N3O2S. The number of nitrogens with one attached hydrogen (secondary N) is 2. The lowest BCUT2D eigenvalue weighted by molar-refractivity contribution is -0.114. The summed E-state index contributed by atoms with van der Waals surface area (Å²) < 4.78 is 0. The minimum Gasteiger partial charge on any atom is -0.347 e. The number of carbonyl (C=O) groups excluding carboxylic acids is 2. The molecule has 27 heavy (non-hydrogen) atoms. The van der Waals surface area contributed by atoms with E-state index in [-0.39, 0.29) is 11.8 Å². The van der Waals surface area contributed by atoms with E-state index in [1.165, 1.54) is 23.8 Å². The number of benzene rings is 2. The molecule has 138 valence electrons. The van der Waals surface area contributed by atoms with Crippen molar-refractivity contribution in [3.8, 4) is 0 Å². The highest BCUT2D eigenvalue weighted by Gasteiger charge is 2.18. The molecule has 0 aliphatic heterocycles. The highest BCUT2D eigenvalue weighted by molar-refractivity contribution is 7.17. The van der Waals surface area contributed by atoms with Gasteiger partial charge < -0.3 is 10.6 Å². The minimum absolute atomic E-state index is 0.170. The van der Waals surface area contributed by atoms with Crippen LogP contribution in [0.2, 0.25) is 0 Å².